The molecule has 0 saturated carbocycles. The fourth-order valence-electron chi connectivity index (χ4n) is 1.32. The molecule has 0 heterocycles. The Morgan fingerprint density at radius 2 is 1.95 bits per heavy atom. The summed E-state index contributed by atoms with van der Waals surface area (Å²) in [7, 11) is -3.29. The molecule has 0 aromatic heterocycles. The highest BCUT2D eigenvalue weighted by Gasteiger charge is 2.29. The number of rotatable bonds is 4. The topological polar surface area (TPSA) is 60.4 Å². The summed E-state index contributed by atoms with van der Waals surface area (Å²) < 4.78 is 61.8. The second kappa shape index (κ2) is 5.60. The van der Waals surface area contributed by atoms with Crippen LogP contribution in [0.2, 0.25) is 0 Å². The molecule has 0 unspecified atom stereocenters. The lowest BCUT2D eigenvalue weighted by molar-refractivity contribution is -0.161. The maximum atomic E-state index is 11.9. The lowest BCUT2D eigenvalue weighted by atomic mass is 10.1. The van der Waals surface area contributed by atoms with Gasteiger partial charge in [-0.1, -0.05) is 12.1 Å². The summed E-state index contributed by atoms with van der Waals surface area (Å²) in [4.78, 5) is 11.3. The minimum absolute atomic E-state index is 0.120. The Morgan fingerprint density at radius 3 is 2.47 bits per heavy atom. The predicted molar refractivity (Wildman–Crippen MR) is 61.3 cm³/mol. The number of carbonyl (C=O) groups is 1. The summed E-state index contributed by atoms with van der Waals surface area (Å²) in [5.74, 6) is -1.44. The van der Waals surface area contributed by atoms with Gasteiger partial charge in [0.1, 0.15) is 0 Å². The summed E-state index contributed by atoms with van der Waals surface area (Å²) in [6, 6.07) is 5.29. The summed E-state index contributed by atoms with van der Waals surface area (Å²) in [5.41, 5.74) is 0.189. The fourth-order valence-corrected chi connectivity index (χ4v) is 2.11. The van der Waals surface area contributed by atoms with Crippen LogP contribution in [0.15, 0.2) is 24.3 Å². The van der Waals surface area contributed by atoms with Crippen molar-refractivity contribution in [1.82, 2.24) is 0 Å². The summed E-state index contributed by atoms with van der Waals surface area (Å²) in [5, 5.41) is 0. The van der Waals surface area contributed by atoms with Gasteiger partial charge in [0.05, 0.1) is 11.3 Å². The molecule has 0 aliphatic carbocycles. The summed E-state index contributed by atoms with van der Waals surface area (Å²) in [6.07, 6.45) is -3.58. The summed E-state index contributed by atoms with van der Waals surface area (Å²) >= 11 is 0. The van der Waals surface area contributed by atoms with Crippen LogP contribution in [-0.2, 0) is 20.3 Å². The zero-order valence-corrected chi connectivity index (χ0v) is 10.7. The Hall–Kier alpha value is -1.57. The van der Waals surface area contributed by atoms with Gasteiger partial charge in [-0.2, -0.15) is 13.2 Å². The van der Waals surface area contributed by atoms with Crippen molar-refractivity contribution in [1.29, 1.82) is 0 Å². The minimum Gasteiger partial charge on any atom is -0.452 e. The number of esters is 1. The molecule has 0 bridgehead atoms. The van der Waals surface area contributed by atoms with Gasteiger partial charge >= 0.3 is 12.1 Å². The molecule has 1 rings (SSSR count). The lowest BCUT2D eigenvalue weighted by Crippen LogP contribution is -2.20. The Morgan fingerprint density at radius 1 is 1.32 bits per heavy atom. The first-order chi connectivity index (χ1) is 8.57. The zero-order chi connectivity index (χ0) is 14.7. The highest BCUT2D eigenvalue weighted by atomic mass is 32.2. The van der Waals surface area contributed by atoms with E-state index in [0.717, 1.165) is 6.26 Å². The van der Waals surface area contributed by atoms with Gasteiger partial charge in [-0.25, -0.2) is 13.2 Å². The monoisotopic (exact) mass is 296 g/mol. The summed E-state index contributed by atoms with van der Waals surface area (Å²) in [6.45, 7) is -1.68. The van der Waals surface area contributed by atoms with E-state index >= 15 is 0 Å². The second-order valence-electron chi connectivity index (χ2n) is 3.96. The molecule has 0 fully saturated rings. The molecule has 0 saturated heterocycles. The number of hydrogen-bond acceptors (Lipinski definition) is 4. The van der Waals surface area contributed by atoms with Crippen LogP contribution in [0.1, 0.15) is 15.9 Å². The Labute approximate surface area is 108 Å². The van der Waals surface area contributed by atoms with Crippen molar-refractivity contribution in [3.05, 3.63) is 35.4 Å². The molecule has 19 heavy (non-hydrogen) atoms. The van der Waals surface area contributed by atoms with E-state index in [-0.39, 0.29) is 11.3 Å². The van der Waals surface area contributed by atoms with Crippen LogP contribution in [0.4, 0.5) is 13.2 Å². The molecule has 1 aromatic carbocycles. The van der Waals surface area contributed by atoms with Crippen LogP contribution in [0.3, 0.4) is 0 Å². The number of carbonyl (C=O) groups excluding carboxylic acids is 1. The van der Waals surface area contributed by atoms with Crippen LogP contribution in [0.5, 0.6) is 0 Å². The first-order valence-corrected chi connectivity index (χ1v) is 7.13. The van der Waals surface area contributed by atoms with E-state index in [2.05, 4.69) is 4.74 Å². The maximum absolute atomic E-state index is 11.9. The highest BCUT2D eigenvalue weighted by molar-refractivity contribution is 7.89. The Bertz CT molecular complexity index is 564. The van der Waals surface area contributed by atoms with Crippen molar-refractivity contribution < 1.29 is 31.1 Å². The van der Waals surface area contributed by atoms with Gasteiger partial charge in [0.2, 0.25) is 0 Å². The smallest absolute Gasteiger partial charge is 0.422 e. The second-order valence-corrected chi connectivity index (χ2v) is 6.10. The van der Waals surface area contributed by atoms with E-state index in [4.69, 9.17) is 0 Å². The van der Waals surface area contributed by atoms with Crippen LogP contribution >= 0.6 is 0 Å². The van der Waals surface area contributed by atoms with Crippen LogP contribution in [0, 0.1) is 0 Å². The number of ether oxygens (including phenoxy) is 1. The molecule has 0 aliphatic heterocycles. The Kier molecular flexibility index (Phi) is 4.56. The van der Waals surface area contributed by atoms with E-state index < -0.39 is 28.6 Å². The van der Waals surface area contributed by atoms with Gasteiger partial charge in [0.25, 0.3) is 0 Å². The normalized spacial score (nSPS) is 12.2. The minimum atomic E-state index is -4.60. The number of sulfone groups is 1. The SMILES string of the molecule is CS(=O)(=O)Cc1cccc(C(=O)OCC(F)(F)F)c1. The molecule has 1 aromatic rings. The first kappa shape index (κ1) is 15.5. The van der Waals surface area contributed by atoms with Gasteiger partial charge in [-0.15, -0.1) is 0 Å². The Balaban J connectivity index is 2.79. The van der Waals surface area contributed by atoms with Crippen molar-refractivity contribution in [2.24, 2.45) is 0 Å². The average Bonchev–Trinajstić information content (AvgIpc) is 2.23. The first-order valence-electron chi connectivity index (χ1n) is 5.07. The largest absolute Gasteiger partial charge is 0.452 e. The van der Waals surface area contributed by atoms with Crippen molar-refractivity contribution >= 4 is 15.8 Å². The number of hydrogen-bond donors (Lipinski definition) is 0. The quantitative estimate of drug-likeness (QED) is 0.797. The third-order valence-corrected chi connectivity index (χ3v) is 2.82. The fraction of sp³-hybridized carbons (Fsp3) is 0.364. The number of alkyl halides is 3. The molecule has 106 valence electrons. The van der Waals surface area contributed by atoms with Gasteiger partial charge in [0.15, 0.2) is 16.4 Å². The van der Waals surface area contributed by atoms with E-state index in [1.54, 1.807) is 0 Å². The van der Waals surface area contributed by atoms with E-state index in [9.17, 15) is 26.4 Å². The zero-order valence-electron chi connectivity index (χ0n) is 9.90. The maximum Gasteiger partial charge on any atom is 0.422 e. The van der Waals surface area contributed by atoms with Crippen molar-refractivity contribution in [3.8, 4) is 0 Å². The lowest BCUT2D eigenvalue weighted by Gasteiger charge is -2.08. The molecule has 0 radical (unpaired) electrons. The van der Waals surface area contributed by atoms with Crippen LogP contribution in [0.25, 0.3) is 0 Å². The van der Waals surface area contributed by atoms with Gasteiger partial charge < -0.3 is 4.74 Å². The van der Waals surface area contributed by atoms with Crippen molar-refractivity contribution in [2.45, 2.75) is 11.9 Å². The third kappa shape index (κ3) is 6.23. The molecule has 0 amide bonds. The highest BCUT2D eigenvalue weighted by Crippen LogP contribution is 2.16. The van der Waals surface area contributed by atoms with Crippen LogP contribution < -0.4 is 0 Å². The molecule has 8 heteroatoms. The van der Waals surface area contributed by atoms with E-state index in [1.165, 1.54) is 24.3 Å². The van der Waals surface area contributed by atoms with E-state index in [1.807, 2.05) is 0 Å². The van der Waals surface area contributed by atoms with Gasteiger partial charge in [-0.05, 0) is 17.7 Å². The van der Waals surface area contributed by atoms with E-state index in [0.29, 0.717) is 5.56 Å². The number of benzene rings is 1. The van der Waals surface area contributed by atoms with Gasteiger partial charge in [0, 0.05) is 6.26 Å². The molecule has 0 aliphatic rings. The molecule has 0 spiro atoms. The molecule has 0 atom stereocenters. The molecular formula is C11H11F3O4S. The van der Waals surface area contributed by atoms with Crippen molar-refractivity contribution in [3.63, 3.8) is 0 Å². The van der Waals surface area contributed by atoms with Crippen molar-refractivity contribution in [2.75, 3.05) is 12.9 Å². The molecule has 0 N–H and O–H groups in total. The van der Waals surface area contributed by atoms with Gasteiger partial charge in [-0.3, -0.25) is 0 Å². The molecule has 4 nitrogen and oxygen atoms in total. The standard InChI is InChI=1S/C11H11F3O4S/c1-19(16,17)6-8-3-2-4-9(5-8)10(15)18-7-11(12,13)14/h2-5H,6-7H2,1H3. The third-order valence-electron chi connectivity index (χ3n) is 1.96. The molecular weight excluding hydrogens is 285 g/mol. The van der Waals surface area contributed by atoms with Crippen LogP contribution in [-0.4, -0.2) is 33.4 Å². The predicted octanol–water partition coefficient (Wildman–Crippen LogP) is 1.95. The average molecular weight is 296 g/mol. The number of halogens is 3.